The minimum atomic E-state index is 1.06. The Labute approximate surface area is 77.7 Å². The van der Waals surface area contributed by atoms with Crippen LogP contribution in [0.4, 0.5) is 0 Å². The molecule has 2 heterocycles. The number of rotatable bonds is 1. The molecule has 0 amide bonds. The van der Waals surface area contributed by atoms with Gasteiger partial charge in [-0.2, -0.15) is 0 Å². The van der Waals surface area contributed by atoms with Crippen LogP contribution in [0.15, 0.2) is 40.2 Å². The summed E-state index contributed by atoms with van der Waals surface area (Å²) in [6.07, 6.45) is 5.88. The van der Waals surface area contributed by atoms with Crippen LogP contribution < -0.4 is 0 Å². The second-order valence-electron chi connectivity index (χ2n) is 3.22. The van der Waals surface area contributed by atoms with Crippen molar-refractivity contribution in [1.82, 2.24) is 4.98 Å². The zero-order chi connectivity index (χ0) is 9.26. The maximum atomic E-state index is 4.31. The first-order valence-corrected chi connectivity index (χ1v) is 4.34. The van der Waals surface area contributed by atoms with Crippen molar-refractivity contribution in [2.75, 3.05) is 0 Å². The summed E-state index contributed by atoms with van der Waals surface area (Å²) in [5, 5.41) is 0. The molecular formula is C11H12N2. The van der Waals surface area contributed by atoms with E-state index in [4.69, 9.17) is 0 Å². The first kappa shape index (κ1) is 8.05. The maximum Gasteiger partial charge on any atom is 0.0682 e. The predicted octanol–water partition coefficient (Wildman–Crippen LogP) is 2.78. The number of hydrogen-bond donors (Lipinski definition) is 1. The third-order valence-electron chi connectivity index (χ3n) is 2.29. The molecule has 0 bridgehead atoms. The van der Waals surface area contributed by atoms with E-state index in [1.165, 1.54) is 11.1 Å². The number of allylic oxidation sites excluding steroid dienone is 2. The molecule has 1 aliphatic heterocycles. The van der Waals surface area contributed by atoms with Crippen LogP contribution in [-0.2, 0) is 0 Å². The van der Waals surface area contributed by atoms with Crippen LogP contribution in [0.5, 0.6) is 0 Å². The van der Waals surface area contributed by atoms with Crippen LogP contribution in [-0.4, -0.2) is 11.2 Å². The summed E-state index contributed by atoms with van der Waals surface area (Å²) >= 11 is 0. The first-order chi connectivity index (χ1) is 6.27. The van der Waals surface area contributed by atoms with Gasteiger partial charge in [-0.25, -0.2) is 0 Å². The van der Waals surface area contributed by atoms with Gasteiger partial charge >= 0.3 is 0 Å². The second-order valence-corrected chi connectivity index (χ2v) is 3.22. The standard InChI is InChI=1S/C11H12N2/c1-8-7-13-11(9(8)2)6-10-4-3-5-12-10/h3-7,12H,1-2H3/b11-6-. The van der Waals surface area contributed by atoms with Crippen LogP contribution in [0.1, 0.15) is 19.5 Å². The zero-order valence-corrected chi connectivity index (χ0v) is 7.83. The van der Waals surface area contributed by atoms with E-state index in [1.54, 1.807) is 0 Å². The summed E-state index contributed by atoms with van der Waals surface area (Å²) in [6, 6.07) is 4.01. The van der Waals surface area contributed by atoms with E-state index in [0.29, 0.717) is 0 Å². The highest BCUT2D eigenvalue weighted by Gasteiger charge is 2.07. The number of aromatic amines is 1. The van der Waals surface area contributed by atoms with Crippen molar-refractivity contribution in [2.24, 2.45) is 4.99 Å². The largest absolute Gasteiger partial charge is 0.362 e. The maximum absolute atomic E-state index is 4.31. The lowest BCUT2D eigenvalue weighted by Gasteiger charge is -1.95. The molecule has 1 aliphatic rings. The van der Waals surface area contributed by atoms with Crippen LogP contribution in [0, 0.1) is 0 Å². The van der Waals surface area contributed by atoms with Gasteiger partial charge in [0, 0.05) is 18.1 Å². The molecule has 2 rings (SSSR count). The fraction of sp³-hybridized carbons (Fsp3) is 0.182. The van der Waals surface area contributed by atoms with Gasteiger partial charge in [-0.15, -0.1) is 0 Å². The Morgan fingerprint density at radius 2 is 2.23 bits per heavy atom. The molecule has 1 N–H and O–H groups in total. The molecule has 0 saturated carbocycles. The Morgan fingerprint density at radius 1 is 1.38 bits per heavy atom. The van der Waals surface area contributed by atoms with E-state index < -0.39 is 0 Å². The third-order valence-corrected chi connectivity index (χ3v) is 2.29. The molecule has 2 nitrogen and oxygen atoms in total. The minimum Gasteiger partial charge on any atom is -0.362 e. The quantitative estimate of drug-likeness (QED) is 0.674. The van der Waals surface area contributed by atoms with E-state index in [9.17, 15) is 0 Å². The smallest absolute Gasteiger partial charge is 0.0682 e. The molecule has 0 spiro atoms. The van der Waals surface area contributed by atoms with Gasteiger partial charge in [0.1, 0.15) is 0 Å². The summed E-state index contributed by atoms with van der Waals surface area (Å²) in [7, 11) is 0. The van der Waals surface area contributed by atoms with Crippen LogP contribution >= 0.6 is 0 Å². The molecule has 0 aromatic carbocycles. The molecular weight excluding hydrogens is 160 g/mol. The molecule has 0 fully saturated rings. The van der Waals surface area contributed by atoms with Crippen molar-refractivity contribution in [3.8, 4) is 0 Å². The van der Waals surface area contributed by atoms with E-state index in [-0.39, 0.29) is 0 Å². The molecule has 0 unspecified atom stereocenters. The van der Waals surface area contributed by atoms with Crippen LogP contribution in [0.2, 0.25) is 0 Å². The summed E-state index contributed by atoms with van der Waals surface area (Å²) in [5.41, 5.74) is 4.66. The first-order valence-electron chi connectivity index (χ1n) is 4.34. The van der Waals surface area contributed by atoms with Crippen molar-refractivity contribution < 1.29 is 0 Å². The Balaban J connectivity index is 2.34. The summed E-state index contributed by atoms with van der Waals surface area (Å²) in [6.45, 7) is 4.17. The molecule has 66 valence electrons. The van der Waals surface area contributed by atoms with Gasteiger partial charge in [0.05, 0.1) is 5.70 Å². The number of nitrogens with one attached hydrogen (secondary N) is 1. The molecule has 13 heavy (non-hydrogen) atoms. The van der Waals surface area contributed by atoms with E-state index in [2.05, 4.69) is 29.9 Å². The Bertz CT molecular complexity index is 392. The Morgan fingerprint density at radius 3 is 2.77 bits per heavy atom. The van der Waals surface area contributed by atoms with E-state index in [1.807, 2.05) is 24.5 Å². The van der Waals surface area contributed by atoms with Crippen molar-refractivity contribution in [2.45, 2.75) is 13.8 Å². The average molecular weight is 172 g/mol. The third kappa shape index (κ3) is 1.47. The number of aliphatic imine (C=N–C) groups is 1. The molecule has 1 aromatic rings. The SMILES string of the molecule is CC1=C(C)/C(=C/c2ccc[nH]2)N=C1. The van der Waals surface area contributed by atoms with Crippen LogP contribution in [0.25, 0.3) is 6.08 Å². The molecule has 0 atom stereocenters. The van der Waals surface area contributed by atoms with Gasteiger partial charge in [0.25, 0.3) is 0 Å². The normalized spacial score (nSPS) is 19.1. The molecule has 2 heteroatoms. The van der Waals surface area contributed by atoms with E-state index >= 15 is 0 Å². The van der Waals surface area contributed by atoms with E-state index in [0.717, 1.165) is 11.4 Å². The summed E-state index contributed by atoms with van der Waals surface area (Å²) < 4.78 is 0. The number of H-pyrrole nitrogens is 1. The molecule has 0 saturated heterocycles. The van der Waals surface area contributed by atoms with Gasteiger partial charge in [-0.1, -0.05) is 0 Å². The predicted molar refractivity (Wildman–Crippen MR) is 55.6 cm³/mol. The average Bonchev–Trinajstić information content (AvgIpc) is 2.71. The topological polar surface area (TPSA) is 28.1 Å². The van der Waals surface area contributed by atoms with Crippen molar-refractivity contribution >= 4 is 12.3 Å². The number of aromatic nitrogens is 1. The fourth-order valence-corrected chi connectivity index (χ4v) is 1.29. The molecule has 0 radical (unpaired) electrons. The Kier molecular flexibility index (Phi) is 1.89. The highest BCUT2D eigenvalue weighted by atomic mass is 14.8. The highest BCUT2D eigenvalue weighted by molar-refractivity contribution is 5.87. The minimum absolute atomic E-state index is 1.06. The fourth-order valence-electron chi connectivity index (χ4n) is 1.29. The molecule has 0 aliphatic carbocycles. The second kappa shape index (κ2) is 3.05. The number of hydrogen-bond acceptors (Lipinski definition) is 1. The van der Waals surface area contributed by atoms with Gasteiger partial charge in [0.2, 0.25) is 0 Å². The van der Waals surface area contributed by atoms with Gasteiger partial charge in [0.15, 0.2) is 0 Å². The lowest BCUT2D eigenvalue weighted by atomic mass is 10.1. The monoisotopic (exact) mass is 172 g/mol. The lowest BCUT2D eigenvalue weighted by Crippen LogP contribution is -1.79. The summed E-state index contributed by atoms with van der Waals surface area (Å²) in [4.78, 5) is 7.44. The summed E-state index contributed by atoms with van der Waals surface area (Å²) in [5.74, 6) is 0. The van der Waals surface area contributed by atoms with Crippen LogP contribution in [0.3, 0.4) is 0 Å². The van der Waals surface area contributed by atoms with Crippen molar-refractivity contribution in [3.63, 3.8) is 0 Å². The number of nitrogens with zero attached hydrogens (tertiary/aromatic N) is 1. The lowest BCUT2D eigenvalue weighted by molar-refractivity contribution is 1.31. The zero-order valence-electron chi connectivity index (χ0n) is 7.83. The highest BCUT2D eigenvalue weighted by Crippen LogP contribution is 2.22. The van der Waals surface area contributed by atoms with Gasteiger partial charge < -0.3 is 4.98 Å². The Hall–Kier alpha value is -1.57. The van der Waals surface area contributed by atoms with Crippen molar-refractivity contribution in [3.05, 3.63) is 40.9 Å². The van der Waals surface area contributed by atoms with Crippen molar-refractivity contribution in [1.29, 1.82) is 0 Å². The molecule has 1 aromatic heterocycles. The van der Waals surface area contributed by atoms with Gasteiger partial charge in [-0.05, 0) is 43.2 Å². The van der Waals surface area contributed by atoms with Gasteiger partial charge in [-0.3, -0.25) is 4.99 Å².